The predicted molar refractivity (Wildman–Crippen MR) is 291 cm³/mol. The van der Waals surface area contributed by atoms with Crippen molar-refractivity contribution >= 4 is 149 Å². The molecule has 7 rings (SSSR count). The van der Waals surface area contributed by atoms with Gasteiger partial charge < -0.3 is 21.1 Å². The Morgan fingerprint density at radius 1 is 0.537 bits per heavy atom. The first-order chi connectivity index (χ1) is 31.4. The highest BCUT2D eigenvalue weighted by molar-refractivity contribution is 14.1. The van der Waals surface area contributed by atoms with Crippen molar-refractivity contribution in [1.29, 1.82) is 0 Å². The second-order valence-corrected chi connectivity index (χ2v) is 19.1. The number of benzene rings is 4. The zero-order valence-electron chi connectivity index (χ0n) is 35.9. The monoisotopic (exact) mass is 1330 g/mol. The maximum Gasteiger partial charge on any atom is 0.352 e. The molecule has 0 atom stereocenters. The van der Waals surface area contributed by atoms with Crippen LogP contribution in [0.2, 0.25) is 20.2 Å². The minimum Gasteiger partial charge on any atom is -0.423 e. The van der Waals surface area contributed by atoms with Gasteiger partial charge in [0, 0.05) is 65.1 Å². The Morgan fingerprint density at radius 2 is 1.00 bits per heavy atom. The van der Waals surface area contributed by atoms with Crippen molar-refractivity contribution in [2.75, 3.05) is 16.4 Å². The molecule has 0 bridgehead atoms. The lowest BCUT2D eigenvalue weighted by molar-refractivity contribution is 0.0732. The summed E-state index contributed by atoms with van der Waals surface area (Å²) >= 11 is 30.0. The van der Waals surface area contributed by atoms with E-state index < -0.39 is 34.2 Å². The van der Waals surface area contributed by atoms with Crippen LogP contribution in [0.15, 0.2) is 126 Å². The molecule has 17 nitrogen and oxygen atoms in total. The number of halogens is 7. The SMILES string of the molecule is Cn1c(Cl)cc(=O)n(C)c1=O.Cn1c(Nc2ccc(I)cc2Cl)c(C(=O)Oc2ccccc2)c(=O)n(C)c1=O.Cn1c(Nc2ccc(I)cc2Cl)cc(=O)n(C)c1=O.Nc1ccc(I)cc1Cl. The average Bonchev–Trinajstić information content (AvgIpc) is 3.28. The summed E-state index contributed by atoms with van der Waals surface area (Å²) in [5.74, 6) is -0.207. The number of hydrogen-bond donors (Lipinski definition) is 3. The van der Waals surface area contributed by atoms with Crippen LogP contribution >= 0.6 is 114 Å². The number of aromatic nitrogens is 6. The lowest BCUT2D eigenvalue weighted by Gasteiger charge is -2.17. The van der Waals surface area contributed by atoms with Gasteiger partial charge in [0.2, 0.25) is 0 Å². The highest BCUT2D eigenvalue weighted by Crippen LogP contribution is 2.29. The van der Waals surface area contributed by atoms with Gasteiger partial charge in [0.15, 0.2) is 5.56 Å². The third kappa shape index (κ3) is 14.3. The van der Waals surface area contributed by atoms with Crippen molar-refractivity contribution in [3.8, 4) is 5.75 Å². The van der Waals surface area contributed by atoms with E-state index in [9.17, 15) is 33.6 Å². The van der Waals surface area contributed by atoms with E-state index in [2.05, 4.69) is 78.4 Å². The fraction of sp³-hybridized carbons (Fsp3) is 0.140. The molecule has 0 amide bonds. The molecule has 352 valence electrons. The summed E-state index contributed by atoms with van der Waals surface area (Å²) in [5.41, 5.74) is 3.95. The molecular weight excluding hydrogens is 1290 g/mol. The number of carbonyl (C=O) groups excluding carboxylic acids is 1. The number of nitrogens with one attached hydrogen (secondary N) is 2. The van der Waals surface area contributed by atoms with Crippen LogP contribution in [0.3, 0.4) is 0 Å². The summed E-state index contributed by atoms with van der Waals surface area (Å²) < 4.78 is 14.9. The number of nitrogen functional groups attached to an aromatic ring is 1. The molecule has 0 fully saturated rings. The van der Waals surface area contributed by atoms with E-state index in [1.54, 1.807) is 73.8 Å². The summed E-state index contributed by atoms with van der Waals surface area (Å²) in [6.07, 6.45) is 0. The fourth-order valence-corrected chi connectivity index (χ4v) is 8.16. The van der Waals surface area contributed by atoms with Gasteiger partial charge in [0.05, 0.1) is 32.1 Å². The molecule has 0 aliphatic heterocycles. The van der Waals surface area contributed by atoms with Crippen LogP contribution in [-0.4, -0.2) is 33.4 Å². The first kappa shape index (κ1) is 54.7. The van der Waals surface area contributed by atoms with Crippen molar-refractivity contribution in [1.82, 2.24) is 27.4 Å². The minimum atomic E-state index is -0.883. The van der Waals surface area contributed by atoms with Gasteiger partial charge in [-0.15, -0.1) is 0 Å². The first-order valence-corrected chi connectivity index (χ1v) is 23.6. The smallest absolute Gasteiger partial charge is 0.352 e. The summed E-state index contributed by atoms with van der Waals surface area (Å²) in [5, 5.41) is 7.60. The molecule has 0 unspecified atom stereocenters. The van der Waals surface area contributed by atoms with E-state index >= 15 is 0 Å². The van der Waals surface area contributed by atoms with Gasteiger partial charge in [0.25, 0.3) is 16.7 Å². The Hall–Kier alpha value is -4.86. The van der Waals surface area contributed by atoms with Gasteiger partial charge in [-0.2, -0.15) is 0 Å². The quantitative estimate of drug-likeness (QED) is 0.0484. The van der Waals surface area contributed by atoms with Crippen LogP contribution in [0, 0.1) is 10.7 Å². The van der Waals surface area contributed by atoms with E-state index in [1.165, 1.54) is 56.5 Å². The van der Waals surface area contributed by atoms with Gasteiger partial charge >= 0.3 is 23.0 Å². The molecule has 3 aromatic heterocycles. The standard InChI is InChI=1S/C19H15ClIN3O4.C12H11ClIN3O2.C6H5ClIN.C6H7ClN2O2/c1-23-16(22-14-9-8-11(21)10-13(14)20)15(17(25)24(2)19(23)27)18(26)28-12-6-4-3-5-7-12;1-16-10(6-11(18)17(2)12(16)19)15-9-4-3-7(14)5-8(9)13;7-5-3-4(8)1-2-6(5)9;1-8-4(7)3-5(10)9(2)6(8)11/h3-10,22H,1-2H3;3-6,15H,1-2H3;1-3H,9H2;3H,1-2H3. The Kier molecular flexibility index (Phi) is 20.0. The van der Waals surface area contributed by atoms with Crippen LogP contribution < -0.4 is 54.9 Å². The lowest BCUT2D eigenvalue weighted by atomic mass is 10.2. The molecule has 3 heterocycles. The maximum absolute atomic E-state index is 12.8. The number of anilines is 5. The number of esters is 1. The number of hydrogen-bond acceptors (Lipinski definition) is 11. The molecule has 67 heavy (non-hydrogen) atoms. The Morgan fingerprint density at radius 3 is 1.51 bits per heavy atom. The second kappa shape index (κ2) is 24.4. The van der Waals surface area contributed by atoms with Crippen molar-refractivity contribution in [2.45, 2.75) is 0 Å². The van der Waals surface area contributed by atoms with E-state index in [0.29, 0.717) is 37.9 Å². The van der Waals surface area contributed by atoms with Crippen molar-refractivity contribution in [2.24, 2.45) is 42.3 Å². The first-order valence-electron chi connectivity index (χ1n) is 18.8. The third-order valence-corrected chi connectivity index (χ3v) is 12.5. The number of nitrogens with two attached hydrogens (primary N) is 1. The third-order valence-electron chi connectivity index (χ3n) is 9.16. The topological polar surface area (TPSA) is 208 Å². The number of ether oxygens (including phenoxy) is 1. The normalized spacial score (nSPS) is 10.3. The molecule has 4 N–H and O–H groups in total. The van der Waals surface area contributed by atoms with E-state index in [1.807, 2.05) is 18.2 Å². The largest absolute Gasteiger partial charge is 0.423 e. The van der Waals surface area contributed by atoms with Gasteiger partial charge in [-0.25, -0.2) is 19.2 Å². The van der Waals surface area contributed by atoms with E-state index in [-0.39, 0.29) is 27.8 Å². The van der Waals surface area contributed by atoms with Crippen LogP contribution in [0.4, 0.5) is 28.7 Å². The summed E-state index contributed by atoms with van der Waals surface area (Å²) in [7, 11) is 8.68. The van der Waals surface area contributed by atoms with Gasteiger partial charge in [-0.1, -0.05) is 64.6 Å². The van der Waals surface area contributed by atoms with Crippen molar-refractivity contribution in [3.63, 3.8) is 0 Å². The zero-order chi connectivity index (χ0) is 50.0. The summed E-state index contributed by atoms with van der Waals surface area (Å²) in [4.78, 5) is 83.2. The minimum absolute atomic E-state index is 0.00265. The molecule has 0 aliphatic carbocycles. The highest BCUT2D eigenvalue weighted by Gasteiger charge is 2.25. The van der Waals surface area contributed by atoms with Gasteiger partial charge in [-0.3, -0.25) is 41.8 Å². The Labute approximate surface area is 442 Å². The number of carbonyl (C=O) groups is 1. The zero-order valence-corrected chi connectivity index (χ0v) is 45.4. The average molecular weight is 1330 g/mol. The van der Waals surface area contributed by atoms with Crippen LogP contribution in [0.5, 0.6) is 5.75 Å². The summed E-state index contributed by atoms with van der Waals surface area (Å²) in [6.45, 7) is 0. The van der Waals surface area contributed by atoms with E-state index in [4.69, 9.17) is 56.9 Å². The molecule has 7 aromatic rings. The number of nitrogens with zero attached hydrogens (tertiary/aromatic N) is 6. The maximum atomic E-state index is 12.8. The Bertz CT molecular complexity index is 3360. The number of para-hydroxylation sites is 1. The predicted octanol–water partition coefficient (Wildman–Crippen LogP) is 7.65. The molecule has 0 saturated carbocycles. The second-order valence-electron chi connectivity index (χ2n) is 13.8. The molecule has 0 radical (unpaired) electrons. The molecule has 24 heteroatoms. The fourth-order valence-electron chi connectivity index (χ4n) is 5.33. The number of rotatable bonds is 6. The van der Waals surface area contributed by atoms with Gasteiger partial charge in [-0.05, 0) is 135 Å². The molecule has 4 aromatic carbocycles. The summed E-state index contributed by atoms with van der Waals surface area (Å²) in [6, 6.07) is 27.1. The van der Waals surface area contributed by atoms with Crippen LogP contribution in [0.25, 0.3) is 0 Å². The van der Waals surface area contributed by atoms with E-state index in [0.717, 1.165) is 29.0 Å². The van der Waals surface area contributed by atoms with Crippen molar-refractivity contribution in [3.05, 3.63) is 196 Å². The molecule has 0 spiro atoms. The molecule has 0 aliphatic rings. The van der Waals surface area contributed by atoms with Crippen LogP contribution in [0.1, 0.15) is 10.4 Å². The van der Waals surface area contributed by atoms with Crippen LogP contribution in [-0.2, 0) is 42.3 Å². The highest BCUT2D eigenvalue weighted by atomic mass is 127. The Balaban J connectivity index is 0.000000215. The van der Waals surface area contributed by atoms with Gasteiger partial charge in [0.1, 0.15) is 22.5 Å². The lowest BCUT2D eigenvalue weighted by Crippen LogP contribution is -2.42. The molecular formula is C43H38Cl4I3N9O8. The van der Waals surface area contributed by atoms with Crippen molar-refractivity contribution < 1.29 is 9.53 Å². The molecule has 0 saturated heterocycles.